The van der Waals surface area contributed by atoms with Crippen LogP contribution in [0.25, 0.3) is 0 Å². The Morgan fingerprint density at radius 2 is 1.95 bits per heavy atom. The Morgan fingerprint density at radius 1 is 1.25 bits per heavy atom. The second kappa shape index (κ2) is 7.59. The largest absolute Gasteiger partial charge is 0.481 e. The first-order valence-corrected chi connectivity index (χ1v) is 7.06. The molecule has 20 heavy (non-hydrogen) atoms. The lowest BCUT2D eigenvalue weighted by Crippen LogP contribution is -2.40. The predicted octanol–water partition coefficient (Wildman–Crippen LogP) is 1.33. The van der Waals surface area contributed by atoms with Gasteiger partial charge in [0.2, 0.25) is 0 Å². The molecule has 0 spiro atoms. The maximum absolute atomic E-state index is 11.9. The van der Waals surface area contributed by atoms with E-state index >= 15 is 0 Å². The van der Waals surface area contributed by atoms with Crippen LogP contribution >= 0.6 is 0 Å². The summed E-state index contributed by atoms with van der Waals surface area (Å²) in [5.41, 5.74) is -0.462. The van der Waals surface area contributed by atoms with Crippen molar-refractivity contribution >= 4 is 11.9 Å². The quantitative estimate of drug-likeness (QED) is 0.543. The van der Waals surface area contributed by atoms with E-state index in [1.807, 2.05) is 20.8 Å². The average Bonchev–Trinajstić information content (AvgIpc) is 2.74. The molecule has 0 bridgehead atoms. The molecule has 2 atom stereocenters. The van der Waals surface area contributed by atoms with E-state index in [2.05, 4.69) is 5.32 Å². The SMILES string of the molecule is CC(C)(C)OC(=O)[C@@H]1CC[C@@H](CCOCCC(=O)O)N1. The smallest absolute Gasteiger partial charge is 0.323 e. The molecule has 116 valence electrons. The molecule has 0 radical (unpaired) electrons. The van der Waals surface area contributed by atoms with E-state index in [1.165, 1.54) is 0 Å². The fourth-order valence-electron chi connectivity index (χ4n) is 2.09. The molecule has 6 nitrogen and oxygen atoms in total. The van der Waals surface area contributed by atoms with Crippen LogP contribution in [0.15, 0.2) is 0 Å². The summed E-state index contributed by atoms with van der Waals surface area (Å²) < 4.78 is 10.6. The minimum absolute atomic E-state index is 0.0264. The standard InChI is InChI=1S/C14H25NO5/c1-14(2,3)20-13(18)11-5-4-10(15-11)6-8-19-9-7-12(16)17/h10-11,15H,4-9H2,1-3H3,(H,16,17)/t10-,11-/m0/s1. The van der Waals surface area contributed by atoms with Gasteiger partial charge in [0.1, 0.15) is 11.6 Å². The summed E-state index contributed by atoms with van der Waals surface area (Å²) >= 11 is 0. The number of carbonyl (C=O) groups excluding carboxylic acids is 1. The molecule has 0 aromatic rings. The van der Waals surface area contributed by atoms with Gasteiger partial charge >= 0.3 is 11.9 Å². The van der Waals surface area contributed by atoms with E-state index in [0.29, 0.717) is 6.61 Å². The first-order chi connectivity index (χ1) is 9.28. The van der Waals surface area contributed by atoms with Gasteiger partial charge in [-0.2, -0.15) is 0 Å². The molecule has 0 aromatic heterocycles. The molecular weight excluding hydrogens is 262 g/mol. The van der Waals surface area contributed by atoms with Gasteiger partial charge in [0, 0.05) is 12.6 Å². The summed E-state index contributed by atoms with van der Waals surface area (Å²) in [5, 5.41) is 11.7. The molecule has 6 heteroatoms. The topological polar surface area (TPSA) is 84.9 Å². The molecule has 1 fully saturated rings. The van der Waals surface area contributed by atoms with E-state index in [-0.39, 0.29) is 31.1 Å². The fraction of sp³-hybridized carbons (Fsp3) is 0.857. The van der Waals surface area contributed by atoms with Crippen LogP contribution in [0.5, 0.6) is 0 Å². The second-order valence-corrected chi connectivity index (χ2v) is 6.07. The summed E-state index contributed by atoms with van der Waals surface area (Å²) in [4.78, 5) is 22.2. The van der Waals surface area contributed by atoms with E-state index in [9.17, 15) is 9.59 Å². The zero-order chi connectivity index (χ0) is 15.2. The molecule has 0 unspecified atom stereocenters. The summed E-state index contributed by atoms with van der Waals surface area (Å²) in [6, 6.07) is -0.00408. The summed E-state index contributed by atoms with van der Waals surface area (Å²) in [6.07, 6.45) is 2.48. The van der Waals surface area contributed by atoms with Gasteiger partial charge in [0.25, 0.3) is 0 Å². The Kier molecular flexibility index (Phi) is 6.42. The molecule has 1 aliphatic rings. The molecule has 1 aliphatic heterocycles. The lowest BCUT2D eigenvalue weighted by atomic mass is 10.1. The van der Waals surface area contributed by atoms with Gasteiger partial charge in [0.05, 0.1) is 13.0 Å². The van der Waals surface area contributed by atoms with Crippen molar-refractivity contribution in [3.05, 3.63) is 0 Å². The number of carboxylic acid groups (broad SMARTS) is 1. The van der Waals surface area contributed by atoms with Gasteiger partial charge in [0.15, 0.2) is 0 Å². The third kappa shape index (κ3) is 6.86. The first kappa shape index (κ1) is 16.9. The lowest BCUT2D eigenvalue weighted by Gasteiger charge is -2.22. The zero-order valence-corrected chi connectivity index (χ0v) is 12.5. The second-order valence-electron chi connectivity index (χ2n) is 6.07. The van der Waals surface area contributed by atoms with Crippen LogP contribution in [0.1, 0.15) is 46.5 Å². The Bertz CT molecular complexity index is 337. The number of hydrogen-bond acceptors (Lipinski definition) is 5. The number of ether oxygens (including phenoxy) is 2. The van der Waals surface area contributed by atoms with Crippen LogP contribution in [0, 0.1) is 0 Å². The van der Waals surface area contributed by atoms with Gasteiger partial charge < -0.3 is 19.9 Å². The number of carboxylic acids is 1. The number of nitrogens with one attached hydrogen (secondary N) is 1. The van der Waals surface area contributed by atoms with Gasteiger partial charge in [-0.3, -0.25) is 9.59 Å². The number of hydrogen-bond donors (Lipinski definition) is 2. The van der Waals surface area contributed by atoms with E-state index in [0.717, 1.165) is 19.3 Å². The van der Waals surface area contributed by atoms with Gasteiger partial charge in [-0.1, -0.05) is 0 Å². The van der Waals surface area contributed by atoms with E-state index in [4.69, 9.17) is 14.6 Å². The molecule has 1 rings (SSSR count). The molecule has 2 N–H and O–H groups in total. The summed E-state index contributed by atoms with van der Waals surface area (Å²) in [5.74, 6) is -1.05. The maximum Gasteiger partial charge on any atom is 0.323 e. The molecule has 0 amide bonds. The van der Waals surface area contributed by atoms with Crippen molar-refractivity contribution in [3.63, 3.8) is 0 Å². The van der Waals surface area contributed by atoms with Crippen LogP contribution in [0.2, 0.25) is 0 Å². The van der Waals surface area contributed by atoms with E-state index < -0.39 is 11.6 Å². The highest BCUT2D eigenvalue weighted by molar-refractivity contribution is 5.76. The molecule has 0 aliphatic carbocycles. The normalized spacial score (nSPS) is 22.8. The molecular formula is C14H25NO5. The van der Waals surface area contributed by atoms with Crippen molar-refractivity contribution in [2.75, 3.05) is 13.2 Å². The van der Waals surface area contributed by atoms with Crippen LogP contribution < -0.4 is 5.32 Å². The lowest BCUT2D eigenvalue weighted by molar-refractivity contribution is -0.157. The van der Waals surface area contributed by atoms with Crippen LogP contribution in [-0.4, -0.2) is 47.9 Å². The Morgan fingerprint density at radius 3 is 2.55 bits per heavy atom. The van der Waals surface area contributed by atoms with Crippen molar-refractivity contribution in [1.29, 1.82) is 0 Å². The third-order valence-electron chi connectivity index (χ3n) is 3.00. The first-order valence-electron chi connectivity index (χ1n) is 7.06. The highest BCUT2D eigenvalue weighted by Crippen LogP contribution is 2.18. The summed E-state index contributed by atoms with van der Waals surface area (Å²) in [6.45, 7) is 6.30. The highest BCUT2D eigenvalue weighted by Gasteiger charge is 2.32. The van der Waals surface area contributed by atoms with Crippen molar-refractivity contribution in [3.8, 4) is 0 Å². The van der Waals surface area contributed by atoms with Gasteiger partial charge in [-0.05, 0) is 40.0 Å². The van der Waals surface area contributed by atoms with Crippen LogP contribution in [0.4, 0.5) is 0 Å². The van der Waals surface area contributed by atoms with Crippen molar-refractivity contribution in [2.24, 2.45) is 0 Å². The predicted molar refractivity (Wildman–Crippen MR) is 73.5 cm³/mol. The fourth-order valence-corrected chi connectivity index (χ4v) is 2.09. The maximum atomic E-state index is 11.9. The van der Waals surface area contributed by atoms with E-state index in [1.54, 1.807) is 0 Å². The molecule has 0 saturated carbocycles. The van der Waals surface area contributed by atoms with Crippen LogP contribution in [-0.2, 0) is 19.1 Å². The number of rotatable bonds is 7. The van der Waals surface area contributed by atoms with Crippen molar-refractivity contribution in [1.82, 2.24) is 5.32 Å². The molecule has 1 heterocycles. The molecule has 1 saturated heterocycles. The Hall–Kier alpha value is -1.14. The number of esters is 1. The number of carbonyl (C=O) groups is 2. The monoisotopic (exact) mass is 287 g/mol. The minimum atomic E-state index is -0.853. The zero-order valence-electron chi connectivity index (χ0n) is 12.5. The van der Waals surface area contributed by atoms with Crippen molar-refractivity contribution in [2.45, 2.75) is 64.1 Å². The highest BCUT2D eigenvalue weighted by atomic mass is 16.6. The average molecular weight is 287 g/mol. The summed E-state index contributed by atoms with van der Waals surface area (Å²) in [7, 11) is 0. The number of aliphatic carboxylic acids is 1. The minimum Gasteiger partial charge on any atom is -0.481 e. The van der Waals surface area contributed by atoms with Crippen LogP contribution in [0.3, 0.4) is 0 Å². The molecule has 0 aromatic carbocycles. The van der Waals surface area contributed by atoms with Gasteiger partial charge in [-0.15, -0.1) is 0 Å². The van der Waals surface area contributed by atoms with Gasteiger partial charge in [-0.25, -0.2) is 0 Å². The third-order valence-corrected chi connectivity index (χ3v) is 3.00. The Balaban J connectivity index is 2.16. The van der Waals surface area contributed by atoms with Crippen molar-refractivity contribution < 1.29 is 24.2 Å². The Labute approximate surface area is 119 Å².